The molecule has 7 nitrogen and oxygen atoms in total. The second-order valence-electron chi connectivity index (χ2n) is 5.39. The summed E-state index contributed by atoms with van der Waals surface area (Å²) in [6.07, 6.45) is 4.90. The monoisotopic (exact) mass is 317 g/mol. The number of rotatable bonds is 5. The molecule has 0 amide bonds. The summed E-state index contributed by atoms with van der Waals surface area (Å²) in [6, 6.07) is 2.17. The van der Waals surface area contributed by atoms with Crippen molar-refractivity contribution in [3.05, 3.63) is 17.9 Å². The smallest absolute Gasteiger partial charge is 0.371 e. The molecule has 1 saturated carbocycles. The molecule has 0 radical (unpaired) electrons. The molecule has 0 saturated heterocycles. The van der Waals surface area contributed by atoms with Crippen LogP contribution in [-0.2, 0) is 10.0 Å². The van der Waals surface area contributed by atoms with Gasteiger partial charge in [0.25, 0.3) is 10.0 Å². The van der Waals surface area contributed by atoms with E-state index >= 15 is 0 Å². The third-order valence-electron chi connectivity index (χ3n) is 3.68. The summed E-state index contributed by atoms with van der Waals surface area (Å²) in [5.74, 6) is -1.78. The van der Waals surface area contributed by atoms with Crippen LogP contribution < -0.4 is 4.72 Å². The molecule has 1 fully saturated rings. The van der Waals surface area contributed by atoms with E-state index in [1.54, 1.807) is 0 Å². The molecule has 21 heavy (non-hydrogen) atoms. The summed E-state index contributed by atoms with van der Waals surface area (Å²) < 4.78 is 31.1. The van der Waals surface area contributed by atoms with Crippen molar-refractivity contribution in [2.75, 3.05) is 6.54 Å². The summed E-state index contributed by atoms with van der Waals surface area (Å²) in [4.78, 5) is 10.7. The molecular weight excluding hydrogens is 298 g/mol. The van der Waals surface area contributed by atoms with E-state index in [0.29, 0.717) is 12.8 Å². The van der Waals surface area contributed by atoms with Crippen LogP contribution in [0, 0.1) is 0 Å². The minimum Gasteiger partial charge on any atom is -0.475 e. The zero-order valence-electron chi connectivity index (χ0n) is 11.5. The third kappa shape index (κ3) is 4.05. The molecule has 0 unspecified atom stereocenters. The second-order valence-corrected chi connectivity index (χ2v) is 7.08. The molecule has 0 bridgehead atoms. The van der Waals surface area contributed by atoms with Gasteiger partial charge in [0.1, 0.15) is 0 Å². The van der Waals surface area contributed by atoms with Gasteiger partial charge in [0, 0.05) is 6.54 Å². The summed E-state index contributed by atoms with van der Waals surface area (Å²) in [5, 5.41) is 18.7. The van der Waals surface area contributed by atoms with E-state index < -0.39 is 32.4 Å². The Morgan fingerprint density at radius 2 is 1.86 bits per heavy atom. The summed E-state index contributed by atoms with van der Waals surface area (Å²) >= 11 is 0. The van der Waals surface area contributed by atoms with Gasteiger partial charge in [0.05, 0.1) is 5.60 Å². The fourth-order valence-electron chi connectivity index (χ4n) is 2.44. The van der Waals surface area contributed by atoms with Crippen LogP contribution in [0.25, 0.3) is 0 Å². The molecule has 1 aliphatic rings. The largest absolute Gasteiger partial charge is 0.475 e. The van der Waals surface area contributed by atoms with E-state index in [9.17, 15) is 18.3 Å². The number of aliphatic hydroxyl groups is 1. The Morgan fingerprint density at radius 3 is 2.38 bits per heavy atom. The van der Waals surface area contributed by atoms with E-state index in [4.69, 9.17) is 9.52 Å². The van der Waals surface area contributed by atoms with Gasteiger partial charge >= 0.3 is 5.97 Å². The standard InChI is InChI=1S/C13H19NO6S/c15-12(16)10-5-6-11(20-10)21(18,19)14-9-13(17)7-3-1-2-4-8-13/h5-6,14,17H,1-4,7-9H2,(H,15,16). The van der Waals surface area contributed by atoms with Crippen molar-refractivity contribution in [2.24, 2.45) is 0 Å². The highest BCUT2D eigenvalue weighted by molar-refractivity contribution is 7.89. The molecule has 0 atom stereocenters. The lowest BCUT2D eigenvalue weighted by molar-refractivity contribution is 0.0302. The number of hydrogen-bond acceptors (Lipinski definition) is 5. The van der Waals surface area contributed by atoms with Crippen LogP contribution in [0.2, 0.25) is 0 Å². The maximum absolute atomic E-state index is 12.0. The Kier molecular flexibility index (Phi) is 4.70. The Balaban J connectivity index is 2.04. The van der Waals surface area contributed by atoms with Crippen LogP contribution >= 0.6 is 0 Å². The fraction of sp³-hybridized carbons (Fsp3) is 0.615. The average molecular weight is 317 g/mol. The maximum Gasteiger partial charge on any atom is 0.371 e. The Bertz CT molecular complexity index is 598. The molecule has 0 spiro atoms. The maximum atomic E-state index is 12.0. The van der Waals surface area contributed by atoms with Gasteiger partial charge in [-0.25, -0.2) is 17.9 Å². The van der Waals surface area contributed by atoms with Gasteiger partial charge in [-0.3, -0.25) is 0 Å². The number of carboxylic acids is 1. The van der Waals surface area contributed by atoms with E-state index in [1.165, 1.54) is 0 Å². The van der Waals surface area contributed by atoms with E-state index in [1.807, 2.05) is 0 Å². The highest BCUT2D eigenvalue weighted by Gasteiger charge is 2.31. The summed E-state index contributed by atoms with van der Waals surface area (Å²) in [6.45, 7) is -0.0988. The first-order chi connectivity index (χ1) is 9.82. The van der Waals surface area contributed by atoms with E-state index in [2.05, 4.69) is 4.72 Å². The first kappa shape index (κ1) is 16.0. The number of carboxylic acid groups (broad SMARTS) is 1. The molecule has 1 heterocycles. The van der Waals surface area contributed by atoms with Crippen LogP contribution in [0.3, 0.4) is 0 Å². The molecular formula is C13H19NO6S. The lowest BCUT2D eigenvalue weighted by Gasteiger charge is -2.26. The van der Waals surface area contributed by atoms with Crippen molar-refractivity contribution in [3.63, 3.8) is 0 Å². The van der Waals surface area contributed by atoms with Gasteiger partial charge in [0.2, 0.25) is 10.9 Å². The molecule has 1 aromatic rings. The van der Waals surface area contributed by atoms with Gasteiger partial charge < -0.3 is 14.6 Å². The molecule has 8 heteroatoms. The number of carbonyl (C=O) groups is 1. The highest BCUT2D eigenvalue weighted by atomic mass is 32.2. The summed E-state index contributed by atoms with van der Waals surface area (Å²) in [5.41, 5.74) is -1.05. The minimum atomic E-state index is -3.96. The normalized spacial score (nSPS) is 19.1. The van der Waals surface area contributed by atoms with Gasteiger partial charge in [-0.05, 0) is 25.0 Å². The van der Waals surface area contributed by atoms with Gasteiger partial charge in [0.15, 0.2) is 0 Å². The first-order valence-electron chi connectivity index (χ1n) is 6.88. The molecule has 0 aliphatic heterocycles. The summed E-state index contributed by atoms with van der Waals surface area (Å²) in [7, 11) is -3.96. The zero-order chi connectivity index (χ0) is 15.5. The SMILES string of the molecule is O=C(O)c1ccc(S(=O)(=O)NCC2(O)CCCCCC2)o1. The molecule has 1 aromatic heterocycles. The molecule has 1 aliphatic carbocycles. The molecule has 118 valence electrons. The van der Waals surface area contributed by atoms with E-state index in [0.717, 1.165) is 37.8 Å². The fourth-order valence-corrected chi connectivity index (χ4v) is 3.49. The van der Waals surface area contributed by atoms with Crippen molar-refractivity contribution in [1.29, 1.82) is 0 Å². The van der Waals surface area contributed by atoms with Gasteiger partial charge in [-0.15, -0.1) is 0 Å². The average Bonchev–Trinajstić information content (AvgIpc) is 2.83. The predicted molar refractivity (Wildman–Crippen MR) is 73.5 cm³/mol. The highest BCUT2D eigenvalue weighted by Crippen LogP contribution is 2.27. The van der Waals surface area contributed by atoms with Gasteiger partial charge in [-0.2, -0.15) is 0 Å². The van der Waals surface area contributed by atoms with Gasteiger partial charge in [-0.1, -0.05) is 25.7 Å². The number of sulfonamides is 1. The van der Waals surface area contributed by atoms with Crippen molar-refractivity contribution in [3.8, 4) is 0 Å². The quantitative estimate of drug-likeness (QED) is 0.706. The predicted octanol–water partition coefficient (Wildman–Crippen LogP) is 1.34. The lowest BCUT2D eigenvalue weighted by atomic mass is 9.95. The first-order valence-corrected chi connectivity index (χ1v) is 8.36. The van der Waals surface area contributed by atoms with Crippen molar-refractivity contribution in [2.45, 2.75) is 49.2 Å². The van der Waals surface area contributed by atoms with Crippen molar-refractivity contribution >= 4 is 16.0 Å². The lowest BCUT2D eigenvalue weighted by Crippen LogP contribution is -2.42. The zero-order valence-corrected chi connectivity index (χ0v) is 12.4. The number of aromatic carboxylic acids is 1. The van der Waals surface area contributed by atoms with Crippen LogP contribution in [0.5, 0.6) is 0 Å². The number of nitrogens with one attached hydrogen (secondary N) is 1. The Labute approximate surface area is 123 Å². The van der Waals surface area contributed by atoms with Crippen LogP contribution in [-0.4, -0.2) is 36.7 Å². The number of hydrogen-bond donors (Lipinski definition) is 3. The van der Waals surface area contributed by atoms with Crippen LogP contribution in [0.4, 0.5) is 0 Å². The van der Waals surface area contributed by atoms with Crippen molar-refractivity contribution < 1.29 is 27.8 Å². The minimum absolute atomic E-state index is 0.0988. The molecule has 0 aromatic carbocycles. The van der Waals surface area contributed by atoms with Crippen molar-refractivity contribution in [1.82, 2.24) is 4.72 Å². The van der Waals surface area contributed by atoms with Crippen LogP contribution in [0.1, 0.15) is 49.1 Å². The van der Waals surface area contributed by atoms with Crippen LogP contribution in [0.15, 0.2) is 21.6 Å². The Morgan fingerprint density at radius 1 is 1.24 bits per heavy atom. The topological polar surface area (TPSA) is 117 Å². The molecule has 2 rings (SSSR count). The second kappa shape index (κ2) is 6.17. The third-order valence-corrected chi connectivity index (χ3v) is 4.96. The van der Waals surface area contributed by atoms with E-state index in [-0.39, 0.29) is 6.54 Å². The number of furan rings is 1. The molecule has 3 N–H and O–H groups in total. The Hall–Kier alpha value is -1.38.